The Kier molecular flexibility index (Phi) is 3.58. The van der Waals surface area contributed by atoms with Crippen molar-refractivity contribution in [2.45, 2.75) is 12.6 Å². The van der Waals surface area contributed by atoms with Crippen LogP contribution in [0.25, 0.3) is 0 Å². The molecular formula is C11H15NO3S. The minimum absolute atomic E-state index is 0.0143. The third-order valence-electron chi connectivity index (χ3n) is 2.92. The molecule has 2 heterocycles. The first-order chi connectivity index (χ1) is 7.68. The van der Waals surface area contributed by atoms with Gasteiger partial charge in [-0.25, -0.2) is 0 Å². The van der Waals surface area contributed by atoms with Crippen LogP contribution < -0.4 is 0 Å². The molecule has 1 aromatic heterocycles. The van der Waals surface area contributed by atoms with E-state index in [0.717, 1.165) is 6.54 Å². The van der Waals surface area contributed by atoms with Gasteiger partial charge in [-0.3, -0.25) is 9.69 Å². The zero-order valence-corrected chi connectivity index (χ0v) is 9.94. The molecule has 1 N–H and O–H groups in total. The fourth-order valence-electron chi connectivity index (χ4n) is 1.98. The van der Waals surface area contributed by atoms with Crippen molar-refractivity contribution in [1.82, 2.24) is 4.90 Å². The van der Waals surface area contributed by atoms with Crippen LogP contribution in [-0.4, -0.2) is 42.3 Å². The molecule has 2 rings (SSSR count). The molecule has 2 atom stereocenters. The maximum absolute atomic E-state index is 11.0. The Morgan fingerprint density at radius 1 is 1.69 bits per heavy atom. The van der Waals surface area contributed by atoms with Gasteiger partial charge in [0.15, 0.2) is 0 Å². The Labute approximate surface area is 98.4 Å². The molecule has 1 fully saturated rings. The van der Waals surface area contributed by atoms with Gasteiger partial charge in [0.25, 0.3) is 0 Å². The highest BCUT2D eigenvalue weighted by atomic mass is 32.1. The number of hydrogen-bond donors (Lipinski definition) is 1. The van der Waals surface area contributed by atoms with Gasteiger partial charge in [0.05, 0.1) is 19.1 Å². The van der Waals surface area contributed by atoms with E-state index in [0.29, 0.717) is 13.2 Å². The molecule has 1 saturated heterocycles. The molecule has 0 spiro atoms. The number of hydrogen-bond acceptors (Lipinski definition) is 4. The SMILES string of the molecule is CN(Cc1cccs1)C1COCC1C(=O)O. The van der Waals surface area contributed by atoms with Gasteiger partial charge in [0, 0.05) is 17.5 Å². The van der Waals surface area contributed by atoms with Crippen LogP contribution >= 0.6 is 11.3 Å². The smallest absolute Gasteiger partial charge is 0.310 e. The van der Waals surface area contributed by atoms with E-state index in [4.69, 9.17) is 9.84 Å². The number of carbonyl (C=O) groups is 1. The number of nitrogens with zero attached hydrogens (tertiary/aromatic N) is 1. The molecule has 0 radical (unpaired) electrons. The molecule has 16 heavy (non-hydrogen) atoms. The van der Waals surface area contributed by atoms with E-state index in [1.54, 1.807) is 11.3 Å². The summed E-state index contributed by atoms with van der Waals surface area (Å²) in [5, 5.41) is 11.1. The first kappa shape index (κ1) is 11.6. The Balaban J connectivity index is 1.98. The Bertz CT molecular complexity index is 352. The summed E-state index contributed by atoms with van der Waals surface area (Å²) < 4.78 is 5.25. The highest BCUT2D eigenvalue weighted by Gasteiger charge is 2.36. The van der Waals surface area contributed by atoms with Crippen molar-refractivity contribution in [3.8, 4) is 0 Å². The Morgan fingerprint density at radius 2 is 2.50 bits per heavy atom. The van der Waals surface area contributed by atoms with Crippen LogP contribution in [0.4, 0.5) is 0 Å². The van der Waals surface area contributed by atoms with E-state index >= 15 is 0 Å². The van der Waals surface area contributed by atoms with E-state index < -0.39 is 11.9 Å². The zero-order chi connectivity index (χ0) is 11.5. The summed E-state index contributed by atoms with van der Waals surface area (Å²) in [5.41, 5.74) is 0. The summed E-state index contributed by atoms with van der Waals surface area (Å²) in [6.45, 7) is 1.63. The fraction of sp³-hybridized carbons (Fsp3) is 0.545. The van der Waals surface area contributed by atoms with Gasteiger partial charge in [0.1, 0.15) is 0 Å². The van der Waals surface area contributed by atoms with E-state index in [2.05, 4.69) is 11.0 Å². The fourth-order valence-corrected chi connectivity index (χ4v) is 2.75. The maximum Gasteiger partial charge on any atom is 0.310 e. The first-order valence-corrected chi connectivity index (χ1v) is 6.09. The summed E-state index contributed by atoms with van der Waals surface area (Å²) >= 11 is 1.69. The molecule has 1 aliphatic heterocycles. The van der Waals surface area contributed by atoms with Gasteiger partial charge in [-0.2, -0.15) is 0 Å². The van der Waals surface area contributed by atoms with Gasteiger partial charge in [-0.05, 0) is 18.5 Å². The molecule has 1 aliphatic rings. The van der Waals surface area contributed by atoms with E-state index in [-0.39, 0.29) is 6.04 Å². The lowest BCUT2D eigenvalue weighted by atomic mass is 10.0. The zero-order valence-electron chi connectivity index (χ0n) is 9.13. The van der Waals surface area contributed by atoms with Crippen LogP contribution in [0.1, 0.15) is 4.88 Å². The molecule has 0 aromatic carbocycles. The van der Waals surface area contributed by atoms with Crippen molar-refractivity contribution in [1.29, 1.82) is 0 Å². The highest BCUT2D eigenvalue weighted by molar-refractivity contribution is 7.09. The summed E-state index contributed by atoms with van der Waals surface area (Å²) in [6, 6.07) is 4.06. The number of carboxylic acids is 1. The predicted octanol–water partition coefficient (Wildman–Crippen LogP) is 1.28. The molecule has 0 aliphatic carbocycles. The third kappa shape index (κ3) is 2.42. The monoisotopic (exact) mass is 241 g/mol. The summed E-state index contributed by atoms with van der Waals surface area (Å²) in [4.78, 5) is 14.3. The van der Waals surface area contributed by atoms with Crippen LogP contribution in [0.3, 0.4) is 0 Å². The summed E-state index contributed by atoms with van der Waals surface area (Å²) in [6.07, 6.45) is 0. The Hall–Kier alpha value is -0.910. The van der Waals surface area contributed by atoms with Crippen LogP contribution in [0.2, 0.25) is 0 Å². The molecule has 2 unspecified atom stereocenters. The van der Waals surface area contributed by atoms with Crippen molar-refractivity contribution >= 4 is 17.3 Å². The molecule has 4 nitrogen and oxygen atoms in total. The van der Waals surface area contributed by atoms with Crippen molar-refractivity contribution in [2.24, 2.45) is 5.92 Å². The van der Waals surface area contributed by atoms with Gasteiger partial charge in [0.2, 0.25) is 0 Å². The van der Waals surface area contributed by atoms with Crippen molar-refractivity contribution in [3.63, 3.8) is 0 Å². The quantitative estimate of drug-likeness (QED) is 0.862. The second-order valence-corrected chi connectivity index (χ2v) is 5.08. The number of thiophene rings is 1. The second kappa shape index (κ2) is 4.95. The van der Waals surface area contributed by atoms with Crippen LogP contribution in [0, 0.1) is 5.92 Å². The van der Waals surface area contributed by atoms with Crippen LogP contribution in [0.15, 0.2) is 17.5 Å². The Morgan fingerprint density at radius 3 is 3.12 bits per heavy atom. The second-order valence-electron chi connectivity index (χ2n) is 4.04. The van der Waals surface area contributed by atoms with Crippen molar-refractivity contribution in [2.75, 3.05) is 20.3 Å². The topological polar surface area (TPSA) is 49.8 Å². The summed E-state index contributed by atoms with van der Waals surface area (Å²) in [7, 11) is 1.95. The van der Waals surface area contributed by atoms with E-state index in [1.807, 2.05) is 18.5 Å². The number of likely N-dealkylation sites (N-methyl/N-ethyl adjacent to an activating group) is 1. The first-order valence-electron chi connectivity index (χ1n) is 5.21. The average molecular weight is 241 g/mol. The number of rotatable bonds is 4. The number of carboxylic acid groups (broad SMARTS) is 1. The maximum atomic E-state index is 11.0. The number of aliphatic carboxylic acids is 1. The highest BCUT2D eigenvalue weighted by Crippen LogP contribution is 2.21. The molecule has 88 valence electrons. The van der Waals surface area contributed by atoms with Crippen molar-refractivity contribution in [3.05, 3.63) is 22.4 Å². The molecule has 5 heteroatoms. The number of ether oxygens (including phenoxy) is 1. The van der Waals surface area contributed by atoms with Gasteiger partial charge >= 0.3 is 5.97 Å². The molecule has 0 bridgehead atoms. The molecule has 1 aromatic rings. The minimum Gasteiger partial charge on any atom is -0.481 e. The largest absolute Gasteiger partial charge is 0.481 e. The van der Waals surface area contributed by atoms with Gasteiger partial charge in [-0.1, -0.05) is 6.07 Å². The lowest BCUT2D eigenvalue weighted by molar-refractivity contribution is -0.143. The third-order valence-corrected chi connectivity index (χ3v) is 3.78. The van der Waals surface area contributed by atoms with Crippen LogP contribution in [-0.2, 0) is 16.1 Å². The van der Waals surface area contributed by atoms with Crippen molar-refractivity contribution < 1.29 is 14.6 Å². The lowest BCUT2D eigenvalue weighted by Gasteiger charge is -2.25. The normalized spacial score (nSPS) is 25.1. The lowest BCUT2D eigenvalue weighted by Crippen LogP contribution is -2.40. The van der Waals surface area contributed by atoms with E-state index in [1.165, 1.54) is 4.88 Å². The van der Waals surface area contributed by atoms with Gasteiger partial charge in [-0.15, -0.1) is 11.3 Å². The summed E-state index contributed by atoms with van der Waals surface area (Å²) in [5.74, 6) is -1.16. The molecule has 0 saturated carbocycles. The molecular weight excluding hydrogens is 226 g/mol. The predicted molar refractivity (Wildman–Crippen MR) is 61.5 cm³/mol. The van der Waals surface area contributed by atoms with E-state index in [9.17, 15) is 4.79 Å². The molecule has 0 amide bonds. The average Bonchev–Trinajstić information content (AvgIpc) is 2.86. The van der Waals surface area contributed by atoms with Crippen LogP contribution in [0.5, 0.6) is 0 Å². The minimum atomic E-state index is -0.763. The van der Waals surface area contributed by atoms with Gasteiger partial charge < -0.3 is 9.84 Å². The standard InChI is InChI=1S/C11H15NO3S/c1-12(5-8-3-2-4-16-8)10-7-15-6-9(10)11(13)14/h2-4,9-10H,5-7H2,1H3,(H,13,14).